The van der Waals surface area contributed by atoms with E-state index in [2.05, 4.69) is 5.92 Å². The Bertz CT molecular complexity index is 584. The summed E-state index contributed by atoms with van der Waals surface area (Å²) in [5.41, 5.74) is 1.22. The van der Waals surface area contributed by atoms with E-state index in [1.165, 1.54) is 6.08 Å². The van der Waals surface area contributed by atoms with Gasteiger partial charge in [-0.1, -0.05) is 18.1 Å². The fraction of sp³-hybridized carbons (Fsp3) is 0. The molecule has 1 aromatic carbocycles. The van der Waals surface area contributed by atoms with Crippen LogP contribution in [0.3, 0.4) is 0 Å². The SMILES string of the molecule is C#Cc1ccc(C=C2C(=O)NC(=O)NC2=O)cc1. The lowest BCUT2D eigenvalue weighted by Crippen LogP contribution is -2.51. The Hall–Kier alpha value is -2.87. The molecule has 0 saturated carbocycles. The predicted molar refractivity (Wildman–Crippen MR) is 64.0 cm³/mol. The van der Waals surface area contributed by atoms with E-state index in [9.17, 15) is 14.4 Å². The van der Waals surface area contributed by atoms with E-state index in [1.54, 1.807) is 24.3 Å². The molecule has 5 heteroatoms. The summed E-state index contributed by atoms with van der Waals surface area (Å²) in [4.78, 5) is 33.8. The number of nitrogens with one attached hydrogen (secondary N) is 2. The van der Waals surface area contributed by atoms with Crippen LogP contribution in [0, 0.1) is 12.3 Å². The summed E-state index contributed by atoms with van der Waals surface area (Å²) < 4.78 is 0. The van der Waals surface area contributed by atoms with Crippen LogP contribution >= 0.6 is 0 Å². The fourth-order valence-corrected chi connectivity index (χ4v) is 1.45. The molecule has 0 aromatic heterocycles. The van der Waals surface area contributed by atoms with Crippen LogP contribution in [-0.4, -0.2) is 17.8 Å². The molecule has 88 valence electrons. The third-order valence-corrected chi connectivity index (χ3v) is 2.33. The van der Waals surface area contributed by atoms with Gasteiger partial charge in [0.25, 0.3) is 11.8 Å². The van der Waals surface area contributed by atoms with Crippen molar-refractivity contribution in [3.63, 3.8) is 0 Å². The number of barbiturate groups is 1. The van der Waals surface area contributed by atoms with Crippen molar-refractivity contribution in [2.45, 2.75) is 0 Å². The third kappa shape index (κ3) is 2.28. The largest absolute Gasteiger partial charge is 0.328 e. The summed E-state index contributed by atoms with van der Waals surface area (Å²) in [7, 11) is 0. The van der Waals surface area contributed by atoms with Crippen LogP contribution < -0.4 is 10.6 Å². The number of carbonyl (C=O) groups excluding carboxylic acids is 3. The predicted octanol–water partition coefficient (Wildman–Crippen LogP) is 0.417. The van der Waals surface area contributed by atoms with E-state index in [0.29, 0.717) is 11.1 Å². The first kappa shape index (κ1) is 11.6. The van der Waals surface area contributed by atoms with E-state index >= 15 is 0 Å². The fourth-order valence-electron chi connectivity index (χ4n) is 1.45. The monoisotopic (exact) mass is 240 g/mol. The standard InChI is InChI=1S/C13H8N2O3/c1-2-8-3-5-9(6-4-8)7-10-11(16)14-13(18)15-12(10)17/h1,3-7H,(H2,14,15,16,17,18). The van der Waals surface area contributed by atoms with Gasteiger partial charge in [0.05, 0.1) is 0 Å². The van der Waals surface area contributed by atoms with Crippen LogP contribution in [-0.2, 0) is 9.59 Å². The number of hydrogen-bond acceptors (Lipinski definition) is 3. The lowest BCUT2D eigenvalue weighted by Gasteiger charge is -2.13. The second kappa shape index (κ2) is 4.55. The molecule has 2 rings (SSSR count). The van der Waals surface area contributed by atoms with Gasteiger partial charge in [-0.05, 0) is 23.8 Å². The Balaban J connectivity index is 2.32. The molecular formula is C13H8N2O3. The van der Waals surface area contributed by atoms with E-state index < -0.39 is 17.8 Å². The highest BCUT2D eigenvalue weighted by Crippen LogP contribution is 2.10. The second-order valence-electron chi connectivity index (χ2n) is 3.56. The summed E-state index contributed by atoms with van der Waals surface area (Å²) in [5, 5.41) is 3.98. The van der Waals surface area contributed by atoms with Gasteiger partial charge in [-0.2, -0.15) is 0 Å². The minimum Gasteiger partial charge on any atom is -0.273 e. The Morgan fingerprint density at radius 3 is 2.06 bits per heavy atom. The zero-order valence-corrected chi connectivity index (χ0v) is 9.19. The lowest BCUT2D eigenvalue weighted by molar-refractivity contribution is -0.123. The first-order valence-electron chi connectivity index (χ1n) is 5.05. The van der Waals surface area contributed by atoms with Crippen molar-refractivity contribution in [2.24, 2.45) is 0 Å². The average molecular weight is 240 g/mol. The molecule has 2 N–H and O–H groups in total. The number of terminal acetylenes is 1. The van der Waals surface area contributed by atoms with Crippen molar-refractivity contribution in [1.29, 1.82) is 0 Å². The van der Waals surface area contributed by atoms with Gasteiger partial charge in [-0.25, -0.2) is 4.79 Å². The van der Waals surface area contributed by atoms with Gasteiger partial charge < -0.3 is 0 Å². The molecule has 0 aliphatic carbocycles. The number of imide groups is 2. The summed E-state index contributed by atoms with van der Waals surface area (Å²) in [6, 6.07) is 5.93. The zero-order chi connectivity index (χ0) is 13.1. The molecule has 1 aromatic rings. The highest BCUT2D eigenvalue weighted by Gasteiger charge is 2.27. The Labute approximate surface area is 103 Å². The minimum absolute atomic E-state index is 0.122. The van der Waals surface area contributed by atoms with Crippen LogP contribution in [0.15, 0.2) is 29.8 Å². The van der Waals surface area contributed by atoms with Crippen LogP contribution in [0.5, 0.6) is 0 Å². The molecular weight excluding hydrogens is 232 g/mol. The Morgan fingerprint density at radius 2 is 1.56 bits per heavy atom. The van der Waals surface area contributed by atoms with Crippen molar-refractivity contribution in [3.05, 3.63) is 41.0 Å². The van der Waals surface area contributed by atoms with Crippen molar-refractivity contribution in [2.75, 3.05) is 0 Å². The number of carbonyl (C=O) groups is 3. The van der Waals surface area contributed by atoms with Gasteiger partial charge in [0, 0.05) is 5.56 Å². The maximum Gasteiger partial charge on any atom is 0.328 e. The molecule has 0 atom stereocenters. The van der Waals surface area contributed by atoms with Gasteiger partial charge in [-0.3, -0.25) is 20.2 Å². The molecule has 0 radical (unpaired) electrons. The van der Waals surface area contributed by atoms with E-state index in [0.717, 1.165) is 0 Å². The molecule has 0 unspecified atom stereocenters. The first-order valence-corrected chi connectivity index (χ1v) is 5.05. The van der Waals surface area contributed by atoms with E-state index in [-0.39, 0.29) is 5.57 Å². The van der Waals surface area contributed by atoms with Crippen LogP contribution in [0.25, 0.3) is 6.08 Å². The first-order chi connectivity index (χ1) is 8.60. The highest BCUT2D eigenvalue weighted by molar-refractivity contribution is 6.31. The van der Waals surface area contributed by atoms with Crippen molar-refractivity contribution in [3.8, 4) is 12.3 Å². The number of hydrogen-bond donors (Lipinski definition) is 2. The molecule has 1 fully saturated rings. The summed E-state index contributed by atoms with van der Waals surface area (Å²) in [5.74, 6) is 1.02. The van der Waals surface area contributed by atoms with Crippen molar-refractivity contribution in [1.82, 2.24) is 10.6 Å². The number of benzene rings is 1. The molecule has 18 heavy (non-hydrogen) atoms. The number of rotatable bonds is 1. The van der Waals surface area contributed by atoms with Gasteiger partial charge >= 0.3 is 6.03 Å². The lowest BCUT2D eigenvalue weighted by atomic mass is 10.1. The maximum atomic E-state index is 11.4. The average Bonchev–Trinajstić information content (AvgIpc) is 2.34. The molecule has 0 spiro atoms. The number of amides is 4. The van der Waals surface area contributed by atoms with Crippen molar-refractivity contribution >= 4 is 23.9 Å². The second-order valence-corrected chi connectivity index (χ2v) is 3.56. The highest BCUT2D eigenvalue weighted by atomic mass is 16.2. The summed E-state index contributed by atoms with van der Waals surface area (Å²) in [6.07, 6.45) is 6.60. The zero-order valence-electron chi connectivity index (χ0n) is 9.19. The topological polar surface area (TPSA) is 75.3 Å². The Morgan fingerprint density at radius 1 is 1.00 bits per heavy atom. The molecule has 5 nitrogen and oxygen atoms in total. The normalized spacial score (nSPS) is 14.6. The maximum absolute atomic E-state index is 11.4. The molecule has 1 aliphatic rings. The number of urea groups is 1. The smallest absolute Gasteiger partial charge is 0.273 e. The van der Waals surface area contributed by atoms with Gasteiger partial charge in [0.15, 0.2) is 0 Å². The van der Waals surface area contributed by atoms with E-state index in [4.69, 9.17) is 6.42 Å². The molecule has 1 saturated heterocycles. The Kier molecular flexibility index (Phi) is 2.94. The molecule has 1 heterocycles. The molecule has 0 bridgehead atoms. The molecule has 4 amide bonds. The van der Waals surface area contributed by atoms with Gasteiger partial charge in [0.2, 0.25) is 0 Å². The van der Waals surface area contributed by atoms with Crippen LogP contribution in [0.4, 0.5) is 4.79 Å². The van der Waals surface area contributed by atoms with Crippen LogP contribution in [0.1, 0.15) is 11.1 Å². The third-order valence-electron chi connectivity index (χ3n) is 2.33. The van der Waals surface area contributed by atoms with Crippen molar-refractivity contribution < 1.29 is 14.4 Å². The quantitative estimate of drug-likeness (QED) is 0.424. The van der Waals surface area contributed by atoms with E-state index in [1.807, 2.05) is 10.6 Å². The van der Waals surface area contributed by atoms with Gasteiger partial charge in [0.1, 0.15) is 5.57 Å². The van der Waals surface area contributed by atoms with Crippen LogP contribution in [0.2, 0.25) is 0 Å². The van der Waals surface area contributed by atoms with Gasteiger partial charge in [-0.15, -0.1) is 6.42 Å². The molecule has 1 aliphatic heterocycles. The minimum atomic E-state index is -0.815. The summed E-state index contributed by atoms with van der Waals surface area (Å²) in [6.45, 7) is 0. The summed E-state index contributed by atoms with van der Waals surface area (Å²) >= 11 is 0.